The van der Waals surface area contributed by atoms with Gasteiger partial charge >= 0.3 is 0 Å². The summed E-state index contributed by atoms with van der Waals surface area (Å²) in [6.45, 7) is 2.48. The first-order valence-corrected chi connectivity index (χ1v) is 9.95. The molecule has 0 aliphatic carbocycles. The summed E-state index contributed by atoms with van der Waals surface area (Å²) in [5, 5.41) is 14.7. The first-order chi connectivity index (χ1) is 14.3. The van der Waals surface area contributed by atoms with Crippen LogP contribution in [-0.2, 0) is 16.1 Å². The lowest BCUT2D eigenvalue weighted by atomic mass is 10.2. The minimum atomic E-state index is -0.754. The molecule has 0 spiro atoms. The topological polar surface area (TPSA) is 107 Å². The minimum absolute atomic E-state index is 0.115. The fourth-order valence-electron chi connectivity index (χ4n) is 2.57. The van der Waals surface area contributed by atoms with Gasteiger partial charge in [0.15, 0.2) is 5.57 Å². The zero-order valence-electron chi connectivity index (χ0n) is 16.9. The Morgan fingerprint density at radius 3 is 2.73 bits per heavy atom. The molecule has 158 valence electrons. The molecule has 2 rings (SSSR count). The minimum Gasteiger partial charge on any atom is -0.360 e. The molecule has 2 amide bonds. The average molecular weight is 431 g/mol. The molecule has 1 aromatic heterocycles. The molecular formula is C20H22FN5O3S. The van der Waals surface area contributed by atoms with Gasteiger partial charge in [0, 0.05) is 44.6 Å². The number of hydrogen-bond acceptors (Lipinski definition) is 6. The van der Waals surface area contributed by atoms with Gasteiger partial charge < -0.3 is 15.5 Å². The van der Waals surface area contributed by atoms with Crippen molar-refractivity contribution in [3.8, 4) is 6.07 Å². The number of rotatable bonds is 7. The second-order valence-corrected chi connectivity index (χ2v) is 7.20. The van der Waals surface area contributed by atoms with Crippen molar-refractivity contribution in [2.75, 3.05) is 30.5 Å². The van der Waals surface area contributed by atoms with Gasteiger partial charge in [0.25, 0.3) is 11.5 Å². The number of alkyl halides is 1. The highest BCUT2D eigenvalue weighted by Gasteiger charge is 2.15. The number of hydrogen-bond donors (Lipinski definition) is 2. The van der Waals surface area contributed by atoms with Crippen molar-refractivity contribution >= 4 is 46.3 Å². The van der Waals surface area contributed by atoms with Crippen LogP contribution in [0.3, 0.4) is 0 Å². The average Bonchev–Trinajstić information content (AvgIpc) is 3.05. The summed E-state index contributed by atoms with van der Waals surface area (Å²) >= 11 is 0.994. The predicted octanol–water partition coefficient (Wildman–Crippen LogP) is 0.522. The zero-order chi connectivity index (χ0) is 22.3. The van der Waals surface area contributed by atoms with E-state index in [2.05, 4.69) is 10.6 Å². The van der Waals surface area contributed by atoms with Crippen molar-refractivity contribution < 1.29 is 14.0 Å². The highest BCUT2D eigenvalue weighted by Crippen LogP contribution is 2.18. The molecular weight excluding hydrogens is 409 g/mol. The van der Waals surface area contributed by atoms with Crippen molar-refractivity contribution in [1.29, 1.82) is 5.26 Å². The Morgan fingerprint density at radius 1 is 1.40 bits per heavy atom. The Hall–Kier alpha value is -3.45. The predicted molar refractivity (Wildman–Crippen MR) is 115 cm³/mol. The lowest BCUT2D eigenvalue weighted by Crippen LogP contribution is -2.35. The fourth-order valence-corrected chi connectivity index (χ4v) is 3.66. The Kier molecular flexibility index (Phi) is 7.89. The Labute approximate surface area is 176 Å². The van der Waals surface area contributed by atoms with E-state index in [1.54, 1.807) is 38.2 Å². The summed E-state index contributed by atoms with van der Waals surface area (Å²) in [5.74, 6) is -0.839. The number of carbonyl (C=O) groups is 2. The third-order valence-electron chi connectivity index (χ3n) is 4.23. The molecule has 2 aromatic rings. The van der Waals surface area contributed by atoms with Crippen molar-refractivity contribution in [3.63, 3.8) is 0 Å². The smallest absolute Gasteiger partial charge is 0.270 e. The van der Waals surface area contributed by atoms with Crippen LogP contribution in [0.15, 0.2) is 29.1 Å². The van der Waals surface area contributed by atoms with Gasteiger partial charge in [-0.05, 0) is 25.1 Å². The molecule has 0 bridgehead atoms. The van der Waals surface area contributed by atoms with E-state index in [-0.39, 0.29) is 34.8 Å². The number of thiazole rings is 1. The van der Waals surface area contributed by atoms with E-state index in [9.17, 15) is 24.0 Å². The second-order valence-electron chi connectivity index (χ2n) is 6.17. The number of anilines is 2. The van der Waals surface area contributed by atoms with Gasteiger partial charge in [-0.2, -0.15) is 5.26 Å². The van der Waals surface area contributed by atoms with Gasteiger partial charge in [0.05, 0.1) is 0 Å². The van der Waals surface area contributed by atoms with Gasteiger partial charge in [-0.1, -0.05) is 6.07 Å². The SMILES string of the molecule is CCn1c(=O)/c(=C\Nc2cccc(N(C)C(C)=O)c2)s/c1=C(/C#N)C(=O)NCCF. The van der Waals surface area contributed by atoms with Crippen LogP contribution < -0.4 is 30.3 Å². The maximum atomic E-state index is 12.7. The molecule has 0 saturated heterocycles. The summed E-state index contributed by atoms with van der Waals surface area (Å²) in [5.41, 5.74) is 0.747. The van der Waals surface area contributed by atoms with Crippen LogP contribution >= 0.6 is 11.3 Å². The van der Waals surface area contributed by atoms with Crippen LogP contribution in [0.2, 0.25) is 0 Å². The normalized spacial score (nSPS) is 12.2. The lowest BCUT2D eigenvalue weighted by Gasteiger charge is -2.15. The highest BCUT2D eigenvalue weighted by molar-refractivity contribution is 7.07. The number of aromatic nitrogens is 1. The molecule has 0 radical (unpaired) electrons. The Bertz CT molecular complexity index is 1160. The summed E-state index contributed by atoms with van der Waals surface area (Å²) in [6, 6.07) is 8.89. The van der Waals surface area contributed by atoms with Gasteiger partial charge in [0.1, 0.15) is 21.9 Å². The zero-order valence-corrected chi connectivity index (χ0v) is 17.7. The van der Waals surface area contributed by atoms with Crippen LogP contribution in [0.4, 0.5) is 15.8 Å². The molecule has 2 N–H and O–H groups in total. The molecule has 0 saturated carbocycles. The number of benzene rings is 1. The molecule has 10 heteroatoms. The maximum Gasteiger partial charge on any atom is 0.270 e. The largest absolute Gasteiger partial charge is 0.360 e. The van der Waals surface area contributed by atoms with E-state index in [1.807, 2.05) is 6.07 Å². The van der Waals surface area contributed by atoms with E-state index in [1.165, 1.54) is 22.6 Å². The number of amides is 2. The van der Waals surface area contributed by atoms with Crippen LogP contribution in [0, 0.1) is 11.3 Å². The van der Waals surface area contributed by atoms with E-state index in [0.717, 1.165) is 11.3 Å². The van der Waals surface area contributed by atoms with Gasteiger partial charge in [0.2, 0.25) is 5.91 Å². The van der Waals surface area contributed by atoms with Gasteiger partial charge in [-0.25, -0.2) is 4.39 Å². The molecule has 8 nitrogen and oxygen atoms in total. The maximum absolute atomic E-state index is 12.7. The summed E-state index contributed by atoms with van der Waals surface area (Å²) in [7, 11) is 1.66. The molecule has 1 heterocycles. The van der Waals surface area contributed by atoms with E-state index < -0.39 is 12.6 Å². The summed E-state index contributed by atoms with van der Waals surface area (Å²) in [6.07, 6.45) is 1.49. The third-order valence-corrected chi connectivity index (χ3v) is 5.36. The number of nitrogens with zero attached hydrogens (tertiary/aromatic N) is 3. The van der Waals surface area contributed by atoms with E-state index >= 15 is 0 Å². The van der Waals surface area contributed by atoms with Crippen LogP contribution in [0.1, 0.15) is 13.8 Å². The van der Waals surface area contributed by atoms with Crippen LogP contribution in [0.25, 0.3) is 11.8 Å². The van der Waals surface area contributed by atoms with Gasteiger partial charge in [-0.15, -0.1) is 11.3 Å². The Balaban J connectivity index is 2.49. The Morgan fingerprint density at radius 2 is 2.13 bits per heavy atom. The first-order valence-electron chi connectivity index (χ1n) is 9.13. The highest BCUT2D eigenvalue weighted by atomic mass is 32.1. The molecule has 0 aliphatic heterocycles. The van der Waals surface area contributed by atoms with Crippen LogP contribution in [-0.4, -0.2) is 36.6 Å². The second kappa shape index (κ2) is 10.4. The number of nitriles is 1. The van der Waals surface area contributed by atoms with E-state index in [4.69, 9.17) is 0 Å². The first kappa shape index (κ1) is 22.8. The number of halogens is 1. The fraction of sp³-hybridized carbons (Fsp3) is 0.300. The molecule has 0 atom stereocenters. The number of nitrogens with one attached hydrogen (secondary N) is 2. The molecule has 1 aromatic carbocycles. The number of carbonyl (C=O) groups excluding carboxylic acids is 2. The quantitative estimate of drug-likeness (QED) is 0.665. The summed E-state index contributed by atoms with van der Waals surface area (Å²) in [4.78, 5) is 37.9. The van der Waals surface area contributed by atoms with Crippen LogP contribution in [0.5, 0.6) is 0 Å². The summed E-state index contributed by atoms with van der Waals surface area (Å²) < 4.78 is 14.2. The third kappa shape index (κ3) is 5.12. The van der Waals surface area contributed by atoms with Crippen molar-refractivity contribution in [2.24, 2.45) is 0 Å². The molecule has 0 unspecified atom stereocenters. The standard InChI is InChI=1S/C20H22FN5O3S/c1-4-26-19(29)17(30-20(26)16(11-22)18(28)23-9-8-21)12-24-14-6-5-7-15(10-14)25(3)13(2)27/h5-7,10,12,24H,4,8-9H2,1-3H3,(H,23,28)/b17-12+,20-16-. The molecule has 30 heavy (non-hydrogen) atoms. The lowest BCUT2D eigenvalue weighted by molar-refractivity contribution is -0.116. The van der Waals surface area contributed by atoms with Crippen molar-refractivity contribution in [3.05, 3.63) is 43.8 Å². The molecule has 0 fully saturated rings. The van der Waals surface area contributed by atoms with E-state index in [0.29, 0.717) is 15.9 Å². The van der Waals surface area contributed by atoms with Gasteiger partial charge in [-0.3, -0.25) is 19.0 Å². The van der Waals surface area contributed by atoms with Crippen molar-refractivity contribution in [1.82, 2.24) is 9.88 Å². The monoisotopic (exact) mass is 431 g/mol. The molecule has 0 aliphatic rings. The van der Waals surface area contributed by atoms with Crippen molar-refractivity contribution in [2.45, 2.75) is 20.4 Å².